The van der Waals surface area contributed by atoms with E-state index in [4.69, 9.17) is 0 Å². The molecule has 0 heterocycles. The zero-order chi connectivity index (χ0) is 37.9. The van der Waals surface area contributed by atoms with E-state index in [1.807, 2.05) is 12.1 Å². The van der Waals surface area contributed by atoms with Crippen molar-refractivity contribution in [3.05, 3.63) is 65.2 Å². The first-order valence-electron chi connectivity index (χ1n) is 23.8. The molecular formula is C51H89NO. The Bertz CT molecular complexity index is 1020. The van der Waals surface area contributed by atoms with Crippen LogP contribution in [0, 0.1) is 0 Å². The zero-order valence-corrected chi connectivity index (χ0v) is 35.8. The molecule has 0 radical (unpaired) electrons. The number of rotatable bonds is 38. The minimum Gasteiger partial charge on any atom is -0.508 e. The van der Waals surface area contributed by atoms with Gasteiger partial charge in [0.1, 0.15) is 5.75 Å². The summed E-state index contributed by atoms with van der Waals surface area (Å²) in [5.41, 5.74) is 3.87. The van der Waals surface area contributed by atoms with Gasteiger partial charge in [-0.2, -0.15) is 0 Å². The van der Waals surface area contributed by atoms with Crippen molar-refractivity contribution in [3.8, 4) is 5.75 Å². The second-order valence-corrected chi connectivity index (χ2v) is 16.7. The molecule has 0 saturated carbocycles. The smallest absolute Gasteiger partial charge is 0.120 e. The van der Waals surface area contributed by atoms with Crippen molar-refractivity contribution in [2.45, 2.75) is 239 Å². The largest absolute Gasteiger partial charge is 0.508 e. The van der Waals surface area contributed by atoms with Crippen LogP contribution < -0.4 is 0 Å². The van der Waals surface area contributed by atoms with E-state index in [2.05, 4.69) is 62.1 Å². The highest BCUT2D eigenvalue weighted by atomic mass is 16.3. The summed E-state index contributed by atoms with van der Waals surface area (Å²) in [7, 11) is 0. The van der Waals surface area contributed by atoms with E-state index in [0.29, 0.717) is 5.75 Å². The van der Waals surface area contributed by atoms with Crippen molar-refractivity contribution in [1.29, 1.82) is 0 Å². The molecule has 53 heavy (non-hydrogen) atoms. The molecule has 0 spiro atoms. The van der Waals surface area contributed by atoms with Gasteiger partial charge in [0.25, 0.3) is 0 Å². The third-order valence-electron chi connectivity index (χ3n) is 11.8. The Morgan fingerprint density at radius 2 is 0.736 bits per heavy atom. The van der Waals surface area contributed by atoms with Gasteiger partial charge in [-0.3, -0.25) is 4.90 Å². The number of hydrogen-bond donors (Lipinski definition) is 1. The summed E-state index contributed by atoms with van der Waals surface area (Å²) in [5, 5.41) is 11.2. The van der Waals surface area contributed by atoms with Crippen LogP contribution in [-0.4, -0.2) is 23.1 Å². The fourth-order valence-corrected chi connectivity index (χ4v) is 8.32. The van der Waals surface area contributed by atoms with Crippen LogP contribution in [0.5, 0.6) is 5.75 Å². The third-order valence-corrected chi connectivity index (χ3v) is 11.8. The van der Waals surface area contributed by atoms with Gasteiger partial charge in [-0.1, -0.05) is 249 Å². The minimum atomic E-state index is 0.105. The number of aromatic hydroxyl groups is 1. The van der Waals surface area contributed by atoms with E-state index in [-0.39, 0.29) is 6.04 Å². The number of phenols is 1. The van der Waals surface area contributed by atoms with Crippen LogP contribution in [0.15, 0.2) is 48.5 Å². The number of aryl methyl sites for hydroxylation is 1. The first kappa shape index (κ1) is 47.4. The monoisotopic (exact) mass is 732 g/mol. The fourth-order valence-electron chi connectivity index (χ4n) is 8.32. The van der Waals surface area contributed by atoms with E-state index < -0.39 is 0 Å². The number of para-hydroxylation sites is 1. The summed E-state index contributed by atoms with van der Waals surface area (Å²) in [5.74, 6) is 0.440. The molecule has 1 atom stereocenters. The molecule has 0 aliphatic heterocycles. The van der Waals surface area contributed by atoms with E-state index >= 15 is 0 Å². The highest BCUT2D eigenvalue weighted by Gasteiger charge is 2.24. The van der Waals surface area contributed by atoms with Crippen LogP contribution in [0.25, 0.3) is 0 Å². The van der Waals surface area contributed by atoms with Gasteiger partial charge in [0.05, 0.1) is 6.04 Å². The molecule has 1 N–H and O–H groups in total. The van der Waals surface area contributed by atoms with Gasteiger partial charge >= 0.3 is 0 Å². The van der Waals surface area contributed by atoms with E-state index in [9.17, 15) is 5.11 Å². The number of unbranched alkanes of at least 4 members (excludes halogenated alkanes) is 29. The van der Waals surface area contributed by atoms with E-state index in [1.165, 1.54) is 223 Å². The van der Waals surface area contributed by atoms with Crippen molar-refractivity contribution in [1.82, 2.24) is 4.90 Å². The average molecular weight is 732 g/mol. The number of nitrogens with zero attached hydrogens (tertiary/aromatic N) is 1. The molecule has 2 aromatic carbocycles. The predicted molar refractivity (Wildman–Crippen MR) is 236 cm³/mol. The van der Waals surface area contributed by atoms with E-state index in [1.54, 1.807) is 0 Å². The first-order valence-corrected chi connectivity index (χ1v) is 23.8. The van der Waals surface area contributed by atoms with Gasteiger partial charge in [-0.05, 0) is 56.0 Å². The molecule has 0 amide bonds. The second kappa shape index (κ2) is 34.7. The Kier molecular flexibility index (Phi) is 31.0. The Balaban J connectivity index is 1.95. The van der Waals surface area contributed by atoms with Crippen molar-refractivity contribution in [2.75, 3.05) is 13.1 Å². The van der Waals surface area contributed by atoms with Crippen LogP contribution in [0.1, 0.15) is 249 Å². The maximum atomic E-state index is 11.2. The maximum absolute atomic E-state index is 11.2. The molecule has 2 rings (SSSR count). The quantitative estimate of drug-likeness (QED) is 0.0695. The van der Waals surface area contributed by atoms with Gasteiger partial charge in [-0.15, -0.1) is 0 Å². The highest BCUT2D eigenvalue weighted by molar-refractivity contribution is 5.41. The summed E-state index contributed by atoms with van der Waals surface area (Å²) in [6.07, 6.45) is 45.3. The normalized spacial score (nSPS) is 12.2. The van der Waals surface area contributed by atoms with Gasteiger partial charge in [0.2, 0.25) is 0 Å². The number of benzene rings is 2. The summed E-state index contributed by atoms with van der Waals surface area (Å²) in [6.45, 7) is 9.12. The van der Waals surface area contributed by atoms with Crippen LogP contribution in [-0.2, 0) is 6.42 Å². The van der Waals surface area contributed by atoms with E-state index in [0.717, 1.165) is 18.7 Å². The van der Waals surface area contributed by atoms with Crippen molar-refractivity contribution in [3.63, 3.8) is 0 Å². The Morgan fingerprint density at radius 1 is 0.396 bits per heavy atom. The van der Waals surface area contributed by atoms with Gasteiger partial charge < -0.3 is 5.11 Å². The fraction of sp³-hybridized carbons (Fsp3) is 0.765. The van der Waals surface area contributed by atoms with Crippen molar-refractivity contribution < 1.29 is 5.11 Å². The molecule has 0 aliphatic rings. The maximum Gasteiger partial charge on any atom is 0.120 e. The first-order chi connectivity index (χ1) is 26.2. The van der Waals surface area contributed by atoms with Crippen LogP contribution in [0.2, 0.25) is 0 Å². The Labute approximate surface area is 331 Å². The lowest BCUT2D eigenvalue weighted by Gasteiger charge is -2.33. The molecule has 304 valence electrons. The lowest BCUT2D eigenvalue weighted by atomic mass is 9.93. The highest BCUT2D eigenvalue weighted by Crippen LogP contribution is 2.35. The molecule has 2 heteroatoms. The van der Waals surface area contributed by atoms with Gasteiger partial charge in [0.15, 0.2) is 0 Å². The Morgan fingerprint density at radius 3 is 1.11 bits per heavy atom. The number of hydrogen-bond acceptors (Lipinski definition) is 2. The lowest BCUT2D eigenvalue weighted by Crippen LogP contribution is -2.32. The molecular weight excluding hydrogens is 643 g/mol. The summed E-state index contributed by atoms with van der Waals surface area (Å²) < 4.78 is 0. The molecule has 0 fully saturated rings. The van der Waals surface area contributed by atoms with Crippen LogP contribution in [0.3, 0.4) is 0 Å². The van der Waals surface area contributed by atoms with Crippen molar-refractivity contribution >= 4 is 0 Å². The topological polar surface area (TPSA) is 23.5 Å². The molecule has 0 saturated heterocycles. The molecule has 0 bridgehead atoms. The van der Waals surface area contributed by atoms with Crippen LogP contribution >= 0.6 is 0 Å². The predicted octanol–water partition coefficient (Wildman–Crippen LogP) is 16.9. The number of phenolic OH excluding ortho intramolecular Hbond substituents is 1. The third kappa shape index (κ3) is 24.4. The SMILES string of the molecule is CCCCCCCCCCCCCN(CCCCCCCCCCCCC)C(c1ccc(CCCCCCCCCCCC)cc1)c1ccccc1O. The molecule has 0 aromatic heterocycles. The summed E-state index contributed by atoms with van der Waals surface area (Å²) >= 11 is 0. The minimum absolute atomic E-state index is 0.105. The molecule has 0 aliphatic carbocycles. The average Bonchev–Trinajstić information content (AvgIpc) is 3.17. The van der Waals surface area contributed by atoms with Crippen LogP contribution in [0.4, 0.5) is 0 Å². The zero-order valence-electron chi connectivity index (χ0n) is 35.8. The molecule has 2 aromatic rings. The van der Waals surface area contributed by atoms with Crippen molar-refractivity contribution in [2.24, 2.45) is 0 Å². The molecule has 2 nitrogen and oxygen atoms in total. The lowest BCUT2D eigenvalue weighted by molar-refractivity contribution is 0.211. The second-order valence-electron chi connectivity index (χ2n) is 16.7. The summed E-state index contributed by atoms with van der Waals surface area (Å²) in [4.78, 5) is 2.73. The Hall–Kier alpha value is -1.80. The summed E-state index contributed by atoms with van der Waals surface area (Å²) in [6, 6.07) is 17.8. The van der Waals surface area contributed by atoms with Gasteiger partial charge in [-0.25, -0.2) is 0 Å². The standard InChI is InChI=1S/C51H89NO/c1-4-7-10-13-16-19-22-25-28-31-36-45-52(46-37-32-29-26-23-20-17-14-11-8-5-2)51(49-39-34-35-40-50(49)53)48-43-41-47(42-44-48)38-33-30-27-24-21-18-15-12-9-6-3/h34-35,39-44,51,53H,4-33,36-38,45-46H2,1-3H3. The molecule has 1 unspecified atom stereocenters. The van der Waals surface area contributed by atoms with Gasteiger partial charge in [0, 0.05) is 5.56 Å².